The highest BCUT2D eigenvalue weighted by Gasteiger charge is 2.25. The molecule has 21 heavy (non-hydrogen) atoms. The fourth-order valence-corrected chi connectivity index (χ4v) is 3.63. The summed E-state index contributed by atoms with van der Waals surface area (Å²) in [5, 5.41) is 13.3. The molecule has 1 aliphatic rings. The fourth-order valence-electron chi connectivity index (χ4n) is 2.61. The van der Waals surface area contributed by atoms with Gasteiger partial charge in [-0.15, -0.1) is 0 Å². The quantitative estimate of drug-likeness (QED) is 0.789. The molecule has 1 aliphatic carbocycles. The number of hydrogen-bond acceptors (Lipinski definition) is 3. The Morgan fingerprint density at radius 3 is 3.05 bits per heavy atom. The van der Waals surface area contributed by atoms with Gasteiger partial charge in [-0.2, -0.15) is 11.8 Å². The van der Waals surface area contributed by atoms with Crippen LogP contribution in [0.15, 0.2) is 24.3 Å². The molecule has 0 heterocycles. The van der Waals surface area contributed by atoms with Crippen molar-refractivity contribution in [3.8, 4) is 0 Å². The van der Waals surface area contributed by atoms with E-state index in [0.29, 0.717) is 13.0 Å². The molecule has 5 heteroatoms. The first-order valence-corrected chi connectivity index (χ1v) is 8.96. The standard InChI is InChI=1S/C16H22ClNO2S/c17-14-5-1-3-12(9-14)11-21-8-7-18-16(20)13-4-2-6-15(19)10-13/h1,3,5,9,13,15,19H,2,4,6-8,10-11H2,(H,18,20)/t13-,15-/m0/s1. The minimum Gasteiger partial charge on any atom is -0.393 e. The first-order valence-electron chi connectivity index (χ1n) is 7.43. The predicted molar refractivity (Wildman–Crippen MR) is 88.6 cm³/mol. The first-order chi connectivity index (χ1) is 10.1. The molecule has 0 aliphatic heterocycles. The van der Waals surface area contributed by atoms with Crippen molar-refractivity contribution in [3.05, 3.63) is 34.9 Å². The summed E-state index contributed by atoms with van der Waals surface area (Å²) in [5.41, 5.74) is 1.20. The Kier molecular flexibility index (Phi) is 6.87. The Labute approximate surface area is 135 Å². The maximum atomic E-state index is 12.0. The molecule has 0 aromatic heterocycles. The highest BCUT2D eigenvalue weighted by atomic mass is 35.5. The molecule has 0 spiro atoms. The van der Waals surface area contributed by atoms with Crippen LogP contribution in [0.1, 0.15) is 31.2 Å². The smallest absolute Gasteiger partial charge is 0.223 e. The molecule has 1 saturated carbocycles. The second-order valence-corrected chi connectivity index (χ2v) is 7.03. The summed E-state index contributed by atoms with van der Waals surface area (Å²) in [7, 11) is 0. The van der Waals surface area contributed by atoms with E-state index >= 15 is 0 Å². The van der Waals surface area contributed by atoms with E-state index in [1.54, 1.807) is 11.8 Å². The van der Waals surface area contributed by atoms with Crippen LogP contribution >= 0.6 is 23.4 Å². The second kappa shape index (κ2) is 8.66. The summed E-state index contributed by atoms with van der Waals surface area (Å²) in [6.45, 7) is 0.677. The Morgan fingerprint density at radius 1 is 1.43 bits per heavy atom. The van der Waals surface area contributed by atoms with Crippen LogP contribution in [-0.2, 0) is 10.5 Å². The lowest BCUT2D eigenvalue weighted by molar-refractivity contribution is -0.127. The van der Waals surface area contributed by atoms with Gasteiger partial charge in [0.15, 0.2) is 0 Å². The van der Waals surface area contributed by atoms with E-state index < -0.39 is 0 Å². The number of thioether (sulfide) groups is 1. The van der Waals surface area contributed by atoms with Gasteiger partial charge in [-0.3, -0.25) is 4.79 Å². The van der Waals surface area contributed by atoms with Crippen molar-refractivity contribution in [1.82, 2.24) is 5.32 Å². The lowest BCUT2D eigenvalue weighted by Gasteiger charge is -2.24. The molecule has 1 aromatic rings. The number of amides is 1. The molecule has 0 unspecified atom stereocenters. The van der Waals surface area contributed by atoms with Crippen LogP contribution in [0.2, 0.25) is 5.02 Å². The summed E-state index contributed by atoms with van der Waals surface area (Å²) < 4.78 is 0. The van der Waals surface area contributed by atoms with Crippen LogP contribution in [0, 0.1) is 5.92 Å². The summed E-state index contributed by atoms with van der Waals surface area (Å²) >= 11 is 7.72. The van der Waals surface area contributed by atoms with E-state index in [-0.39, 0.29) is 17.9 Å². The SMILES string of the molecule is O=C(NCCSCc1cccc(Cl)c1)[C@H]1CCC[C@H](O)C1. The summed E-state index contributed by atoms with van der Waals surface area (Å²) in [6, 6.07) is 7.85. The van der Waals surface area contributed by atoms with Crippen molar-refractivity contribution in [2.24, 2.45) is 5.92 Å². The summed E-state index contributed by atoms with van der Waals surface area (Å²) in [6.07, 6.45) is 2.99. The maximum Gasteiger partial charge on any atom is 0.223 e. The van der Waals surface area contributed by atoms with Crippen molar-refractivity contribution in [2.75, 3.05) is 12.3 Å². The van der Waals surface area contributed by atoms with Gasteiger partial charge in [0.1, 0.15) is 0 Å². The van der Waals surface area contributed by atoms with E-state index in [4.69, 9.17) is 11.6 Å². The Bertz CT molecular complexity index is 469. The van der Waals surface area contributed by atoms with Gasteiger partial charge in [-0.1, -0.05) is 30.2 Å². The number of carbonyl (C=O) groups excluding carboxylic acids is 1. The van der Waals surface area contributed by atoms with E-state index in [9.17, 15) is 9.90 Å². The maximum absolute atomic E-state index is 12.0. The molecule has 0 bridgehead atoms. The molecule has 3 nitrogen and oxygen atoms in total. The van der Waals surface area contributed by atoms with Gasteiger partial charge in [0, 0.05) is 29.0 Å². The number of rotatable bonds is 6. The molecular weight excluding hydrogens is 306 g/mol. The fraction of sp³-hybridized carbons (Fsp3) is 0.562. The summed E-state index contributed by atoms with van der Waals surface area (Å²) in [4.78, 5) is 12.0. The highest BCUT2D eigenvalue weighted by molar-refractivity contribution is 7.98. The number of carbonyl (C=O) groups is 1. The molecule has 116 valence electrons. The normalized spacial score (nSPS) is 22.0. The van der Waals surface area contributed by atoms with Crippen LogP contribution in [0.5, 0.6) is 0 Å². The van der Waals surface area contributed by atoms with Crippen LogP contribution in [-0.4, -0.2) is 29.4 Å². The van der Waals surface area contributed by atoms with Crippen molar-refractivity contribution in [2.45, 2.75) is 37.5 Å². The average molecular weight is 328 g/mol. The second-order valence-electron chi connectivity index (χ2n) is 5.49. The number of aliphatic hydroxyl groups is 1. The lowest BCUT2D eigenvalue weighted by atomic mass is 9.87. The van der Waals surface area contributed by atoms with Gasteiger partial charge >= 0.3 is 0 Å². The molecule has 2 atom stereocenters. The molecule has 2 rings (SSSR count). The third-order valence-corrected chi connectivity index (χ3v) is 4.99. The van der Waals surface area contributed by atoms with Crippen molar-refractivity contribution < 1.29 is 9.90 Å². The van der Waals surface area contributed by atoms with Crippen LogP contribution in [0.25, 0.3) is 0 Å². The van der Waals surface area contributed by atoms with Crippen LogP contribution in [0.3, 0.4) is 0 Å². The number of aliphatic hydroxyl groups excluding tert-OH is 1. The van der Waals surface area contributed by atoms with Crippen molar-refractivity contribution in [1.29, 1.82) is 0 Å². The number of hydrogen-bond donors (Lipinski definition) is 2. The Balaban J connectivity index is 1.60. The third-order valence-electron chi connectivity index (χ3n) is 3.72. The average Bonchev–Trinajstić information content (AvgIpc) is 2.47. The van der Waals surface area contributed by atoms with E-state index in [0.717, 1.165) is 35.8 Å². The minimum atomic E-state index is -0.299. The monoisotopic (exact) mass is 327 g/mol. The minimum absolute atomic E-state index is 0.00770. The van der Waals surface area contributed by atoms with E-state index in [1.165, 1.54) is 5.56 Å². The molecule has 1 aromatic carbocycles. The lowest BCUT2D eigenvalue weighted by Crippen LogP contribution is -2.36. The zero-order chi connectivity index (χ0) is 15.1. The van der Waals surface area contributed by atoms with Crippen molar-refractivity contribution >= 4 is 29.3 Å². The van der Waals surface area contributed by atoms with Gasteiger partial charge in [-0.05, 0) is 37.0 Å². The molecule has 1 amide bonds. The Hall–Kier alpha value is -0.710. The Morgan fingerprint density at radius 2 is 2.29 bits per heavy atom. The summed E-state index contributed by atoms with van der Waals surface area (Å²) in [5.74, 6) is 1.87. The van der Waals surface area contributed by atoms with E-state index in [1.807, 2.05) is 18.2 Å². The van der Waals surface area contributed by atoms with Gasteiger partial charge < -0.3 is 10.4 Å². The zero-order valence-electron chi connectivity index (χ0n) is 12.1. The number of benzene rings is 1. The van der Waals surface area contributed by atoms with Gasteiger partial charge in [-0.25, -0.2) is 0 Å². The van der Waals surface area contributed by atoms with Crippen LogP contribution in [0.4, 0.5) is 0 Å². The van der Waals surface area contributed by atoms with E-state index in [2.05, 4.69) is 11.4 Å². The van der Waals surface area contributed by atoms with Gasteiger partial charge in [0.05, 0.1) is 6.10 Å². The highest BCUT2D eigenvalue weighted by Crippen LogP contribution is 2.24. The van der Waals surface area contributed by atoms with Crippen molar-refractivity contribution in [3.63, 3.8) is 0 Å². The molecule has 0 saturated heterocycles. The third kappa shape index (κ3) is 5.89. The zero-order valence-corrected chi connectivity index (χ0v) is 13.6. The molecular formula is C16H22ClNO2S. The molecule has 1 fully saturated rings. The largest absolute Gasteiger partial charge is 0.393 e. The number of nitrogens with one attached hydrogen (secondary N) is 1. The topological polar surface area (TPSA) is 49.3 Å². The molecule has 0 radical (unpaired) electrons. The first kappa shape index (κ1) is 16.7. The molecule has 2 N–H and O–H groups in total. The number of halogens is 1. The predicted octanol–water partition coefficient (Wildman–Crippen LogP) is 3.24. The van der Waals surface area contributed by atoms with Gasteiger partial charge in [0.2, 0.25) is 5.91 Å². The van der Waals surface area contributed by atoms with Gasteiger partial charge in [0.25, 0.3) is 0 Å². The van der Waals surface area contributed by atoms with Crippen LogP contribution < -0.4 is 5.32 Å².